The normalized spacial score (nSPS) is 12.6. The summed E-state index contributed by atoms with van der Waals surface area (Å²) in [5, 5.41) is 8.27. The number of benzene rings is 3. The zero-order valence-corrected chi connectivity index (χ0v) is 22.6. The van der Waals surface area contributed by atoms with Gasteiger partial charge in [0.25, 0.3) is 5.91 Å². The van der Waals surface area contributed by atoms with Gasteiger partial charge in [-0.15, -0.1) is 0 Å². The van der Waals surface area contributed by atoms with Crippen LogP contribution in [0.1, 0.15) is 24.5 Å². The average molecular weight is 553 g/mol. The average Bonchev–Trinajstić information content (AvgIpc) is 3.31. The van der Waals surface area contributed by atoms with Crippen molar-refractivity contribution >= 4 is 46.3 Å². The molecule has 1 unspecified atom stereocenters. The predicted molar refractivity (Wildman–Crippen MR) is 149 cm³/mol. The number of nitrogens with one attached hydrogen (secondary N) is 1. The third kappa shape index (κ3) is 7.00. The molecule has 1 aliphatic heterocycles. The summed E-state index contributed by atoms with van der Waals surface area (Å²) in [5.41, 5.74) is 3.75. The van der Waals surface area contributed by atoms with Gasteiger partial charge in [0.05, 0.1) is 28.9 Å². The Balaban J connectivity index is 1.50. The minimum absolute atomic E-state index is 0.118. The van der Waals surface area contributed by atoms with Crippen molar-refractivity contribution in [3.05, 3.63) is 94.1 Å². The third-order valence-electron chi connectivity index (χ3n) is 6.14. The molecule has 9 heteroatoms. The molecule has 1 aliphatic rings. The van der Waals surface area contributed by atoms with Crippen molar-refractivity contribution in [3.63, 3.8) is 0 Å². The first-order chi connectivity index (χ1) is 18.3. The van der Waals surface area contributed by atoms with Crippen LogP contribution in [0.3, 0.4) is 0 Å². The topological polar surface area (TPSA) is 82.0 Å². The lowest BCUT2D eigenvalue weighted by molar-refractivity contribution is -0.131. The van der Waals surface area contributed by atoms with Crippen LogP contribution >= 0.6 is 23.2 Å². The van der Waals surface area contributed by atoms with Gasteiger partial charge >= 0.3 is 0 Å². The van der Waals surface area contributed by atoms with Crippen molar-refractivity contribution in [2.24, 2.45) is 0 Å². The van der Waals surface area contributed by atoms with Crippen LogP contribution in [0.25, 0.3) is 5.57 Å². The molecule has 197 valence electrons. The van der Waals surface area contributed by atoms with Crippen LogP contribution in [-0.2, 0) is 16.1 Å². The molecule has 0 bridgehead atoms. The highest BCUT2D eigenvalue weighted by molar-refractivity contribution is 6.42. The number of carbonyl (C=O) groups excluding carboxylic acids is 2. The molecule has 4 rings (SSSR count). The fourth-order valence-electron chi connectivity index (χ4n) is 4.26. The van der Waals surface area contributed by atoms with Crippen molar-refractivity contribution in [3.8, 4) is 11.5 Å². The quantitative estimate of drug-likeness (QED) is 0.336. The second kappa shape index (κ2) is 12.7. The summed E-state index contributed by atoms with van der Waals surface area (Å²) in [6, 6.07) is 19.8. The van der Waals surface area contributed by atoms with Gasteiger partial charge in [-0.1, -0.05) is 59.6 Å². The number of halogens is 2. The summed E-state index contributed by atoms with van der Waals surface area (Å²) < 4.78 is 11.1. The Labute approximate surface area is 232 Å². The SMILES string of the molecule is COc1ccccc1CN(CC(CC1=C[N]c2ccccc21)NC(=O)COc1ccc(Cl)c(Cl)c1)C(C)=O. The molecule has 1 N–H and O–H groups in total. The fourth-order valence-corrected chi connectivity index (χ4v) is 4.55. The molecule has 3 aromatic carbocycles. The second-order valence-corrected chi connectivity index (χ2v) is 9.66. The number of carbonyl (C=O) groups is 2. The van der Waals surface area contributed by atoms with E-state index >= 15 is 0 Å². The molecule has 3 aromatic rings. The van der Waals surface area contributed by atoms with E-state index in [0.29, 0.717) is 34.5 Å². The van der Waals surface area contributed by atoms with Crippen LogP contribution in [0.4, 0.5) is 5.69 Å². The molecule has 2 amide bonds. The largest absolute Gasteiger partial charge is 0.496 e. The van der Waals surface area contributed by atoms with Gasteiger partial charge in [-0.3, -0.25) is 14.9 Å². The molecule has 0 fully saturated rings. The Bertz CT molecular complexity index is 1340. The van der Waals surface area contributed by atoms with Gasteiger partial charge in [-0.05, 0) is 36.3 Å². The Kier molecular flexibility index (Phi) is 9.15. The van der Waals surface area contributed by atoms with E-state index in [1.807, 2.05) is 54.7 Å². The Morgan fingerprint density at radius 3 is 2.55 bits per heavy atom. The third-order valence-corrected chi connectivity index (χ3v) is 6.88. The first-order valence-corrected chi connectivity index (χ1v) is 12.8. The first-order valence-electron chi connectivity index (χ1n) is 12.1. The minimum Gasteiger partial charge on any atom is -0.496 e. The summed E-state index contributed by atoms with van der Waals surface area (Å²) in [6.07, 6.45) is 2.29. The lowest BCUT2D eigenvalue weighted by atomic mass is 9.99. The number of amides is 2. The number of fused-ring (bicyclic) bond motifs is 1. The van der Waals surface area contributed by atoms with Gasteiger partial charge in [0.1, 0.15) is 11.5 Å². The number of nitrogens with zero attached hydrogens (tertiary/aromatic N) is 2. The first kappa shape index (κ1) is 27.4. The molecule has 1 atom stereocenters. The molecule has 7 nitrogen and oxygen atoms in total. The Morgan fingerprint density at radius 1 is 1.03 bits per heavy atom. The highest BCUT2D eigenvalue weighted by Gasteiger charge is 2.24. The van der Waals surface area contributed by atoms with Crippen molar-refractivity contribution in [1.82, 2.24) is 15.5 Å². The number of ether oxygens (including phenoxy) is 2. The molecule has 0 aromatic heterocycles. The summed E-state index contributed by atoms with van der Waals surface area (Å²) in [7, 11) is 1.60. The summed E-state index contributed by atoms with van der Waals surface area (Å²) in [6.45, 7) is 1.92. The lowest BCUT2D eigenvalue weighted by Gasteiger charge is -2.28. The van der Waals surface area contributed by atoms with Gasteiger partial charge in [0, 0.05) is 43.4 Å². The van der Waals surface area contributed by atoms with E-state index < -0.39 is 6.04 Å². The van der Waals surface area contributed by atoms with E-state index in [0.717, 1.165) is 22.4 Å². The number of hydrogen-bond donors (Lipinski definition) is 1. The van der Waals surface area contributed by atoms with E-state index in [2.05, 4.69) is 10.6 Å². The monoisotopic (exact) mass is 552 g/mol. The van der Waals surface area contributed by atoms with Crippen LogP contribution in [0.15, 0.2) is 72.9 Å². The fraction of sp³-hybridized carbons (Fsp3) is 0.241. The van der Waals surface area contributed by atoms with Crippen LogP contribution in [0, 0.1) is 0 Å². The van der Waals surface area contributed by atoms with Crippen molar-refractivity contribution in [1.29, 1.82) is 0 Å². The van der Waals surface area contributed by atoms with Gasteiger partial charge < -0.3 is 19.7 Å². The van der Waals surface area contributed by atoms with Crippen molar-refractivity contribution in [2.45, 2.75) is 25.9 Å². The minimum atomic E-state index is -0.397. The summed E-state index contributed by atoms with van der Waals surface area (Å²) in [5.74, 6) is 0.679. The van der Waals surface area contributed by atoms with Crippen LogP contribution in [-0.4, -0.2) is 43.0 Å². The van der Waals surface area contributed by atoms with E-state index in [1.54, 1.807) is 30.2 Å². The summed E-state index contributed by atoms with van der Waals surface area (Å²) in [4.78, 5) is 27.3. The highest BCUT2D eigenvalue weighted by atomic mass is 35.5. The molecule has 1 heterocycles. The number of hydrogen-bond acceptors (Lipinski definition) is 4. The number of para-hydroxylation sites is 2. The molecular weight excluding hydrogens is 525 g/mol. The smallest absolute Gasteiger partial charge is 0.258 e. The molecule has 0 saturated carbocycles. The van der Waals surface area contributed by atoms with E-state index in [4.69, 9.17) is 32.7 Å². The number of rotatable bonds is 11. The highest BCUT2D eigenvalue weighted by Crippen LogP contribution is 2.33. The Morgan fingerprint density at radius 2 is 1.79 bits per heavy atom. The molecular formula is C29H28Cl2N3O4. The predicted octanol–water partition coefficient (Wildman–Crippen LogP) is 5.60. The van der Waals surface area contributed by atoms with Crippen molar-refractivity contribution < 1.29 is 19.1 Å². The van der Waals surface area contributed by atoms with Crippen LogP contribution in [0.2, 0.25) is 10.0 Å². The van der Waals surface area contributed by atoms with E-state index in [1.165, 1.54) is 6.92 Å². The van der Waals surface area contributed by atoms with E-state index in [9.17, 15) is 9.59 Å². The Hall–Kier alpha value is -3.68. The van der Waals surface area contributed by atoms with Crippen LogP contribution in [0.5, 0.6) is 11.5 Å². The lowest BCUT2D eigenvalue weighted by Crippen LogP contribution is -2.46. The molecule has 1 radical (unpaired) electrons. The maximum Gasteiger partial charge on any atom is 0.258 e. The molecule has 0 spiro atoms. The van der Waals surface area contributed by atoms with Gasteiger partial charge in [-0.2, -0.15) is 0 Å². The zero-order chi connectivity index (χ0) is 27.1. The van der Waals surface area contributed by atoms with Gasteiger partial charge in [0.2, 0.25) is 5.91 Å². The molecule has 0 saturated heterocycles. The van der Waals surface area contributed by atoms with Crippen LogP contribution < -0.4 is 20.1 Å². The second-order valence-electron chi connectivity index (χ2n) is 8.85. The molecule has 38 heavy (non-hydrogen) atoms. The summed E-state index contributed by atoms with van der Waals surface area (Å²) >= 11 is 12.0. The van der Waals surface area contributed by atoms with Crippen molar-refractivity contribution in [2.75, 3.05) is 20.3 Å². The maximum atomic E-state index is 12.9. The standard InChI is InChI=1S/C29H28Cl2N3O4/c1-19(35)34(16-20-7-3-6-10-28(20)37-2)17-22(13-21-15-32-27-9-5-4-8-24(21)27)33-29(36)18-38-23-11-12-25(30)26(31)14-23/h3-12,14-15,22H,13,16-18H2,1-2H3,(H,33,36). The van der Waals surface area contributed by atoms with Gasteiger partial charge in [-0.25, -0.2) is 0 Å². The van der Waals surface area contributed by atoms with E-state index in [-0.39, 0.29) is 25.0 Å². The maximum absolute atomic E-state index is 12.9. The molecule has 0 aliphatic carbocycles. The zero-order valence-electron chi connectivity index (χ0n) is 21.1. The van der Waals surface area contributed by atoms with Gasteiger partial charge in [0.15, 0.2) is 6.61 Å². The number of methoxy groups -OCH3 is 1.